The van der Waals surface area contributed by atoms with Crippen molar-refractivity contribution >= 4 is 28.1 Å². The van der Waals surface area contributed by atoms with Crippen LogP contribution in [0, 0.1) is 6.92 Å². The van der Waals surface area contributed by atoms with Crippen LogP contribution < -0.4 is 5.32 Å². The van der Waals surface area contributed by atoms with Crippen molar-refractivity contribution in [2.45, 2.75) is 20.8 Å². The smallest absolute Gasteiger partial charge is 0.241 e. The molecule has 0 aliphatic heterocycles. The third-order valence-corrected chi connectivity index (χ3v) is 5.44. The lowest BCUT2D eigenvalue weighted by Crippen LogP contribution is -2.35. The molecular weight excluding hydrogens is 360 g/mol. The number of rotatable bonds is 6. The molecule has 0 aliphatic rings. The number of nitrogens with zero attached hydrogens (tertiary/aromatic N) is 3. The largest absolute Gasteiger partial charge is 0.360 e. The van der Waals surface area contributed by atoms with Gasteiger partial charge < -0.3 is 10.2 Å². The van der Waals surface area contributed by atoms with Gasteiger partial charge in [-0.1, -0.05) is 48.5 Å². The van der Waals surface area contributed by atoms with E-state index in [-0.39, 0.29) is 12.5 Å². The minimum atomic E-state index is 0.0847. The molecule has 148 valence electrons. The number of nitrogens with one attached hydrogen (secondary N) is 1. The first-order chi connectivity index (χ1) is 14.1. The summed E-state index contributed by atoms with van der Waals surface area (Å²) < 4.78 is 2.06. The number of aromatic nitrogens is 2. The number of aryl methyl sites for hydroxylation is 1. The average molecular weight is 386 g/mol. The van der Waals surface area contributed by atoms with Crippen molar-refractivity contribution in [3.8, 4) is 11.3 Å². The Morgan fingerprint density at radius 1 is 1.03 bits per heavy atom. The zero-order chi connectivity index (χ0) is 20.4. The second kappa shape index (κ2) is 7.95. The number of benzene rings is 2. The van der Waals surface area contributed by atoms with E-state index in [2.05, 4.69) is 47.0 Å². The van der Waals surface area contributed by atoms with Gasteiger partial charge >= 0.3 is 0 Å². The Balaban J connectivity index is 1.86. The van der Waals surface area contributed by atoms with E-state index in [4.69, 9.17) is 4.98 Å². The number of hydrogen-bond donors (Lipinski definition) is 1. The maximum Gasteiger partial charge on any atom is 0.241 e. The number of likely N-dealkylation sites (N-methyl/N-ethyl adjacent to an activating group) is 1. The van der Waals surface area contributed by atoms with Crippen molar-refractivity contribution in [2.75, 3.05) is 25.0 Å². The number of hydrogen-bond acceptors (Lipinski definition) is 3. The second-order valence-electron chi connectivity index (χ2n) is 7.14. The highest BCUT2D eigenvalue weighted by molar-refractivity contribution is 5.97. The normalized spacial score (nSPS) is 11.1. The van der Waals surface area contributed by atoms with Crippen LogP contribution in [0.25, 0.3) is 27.7 Å². The maximum atomic E-state index is 12.6. The summed E-state index contributed by atoms with van der Waals surface area (Å²) >= 11 is 0. The van der Waals surface area contributed by atoms with E-state index in [0.717, 1.165) is 39.1 Å². The highest BCUT2D eigenvalue weighted by Gasteiger charge is 2.18. The van der Waals surface area contributed by atoms with E-state index in [1.54, 1.807) is 0 Å². The Hall–Kier alpha value is -3.34. The lowest BCUT2D eigenvalue weighted by molar-refractivity contribution is -0.128. The van der Waals surface area contributed by atoms with Crippen LogP contribution in [0.15, 0.2) is 60.8 Å². The summed E-state index contributed by atoms with van der Waals surface area (Å²) in [5.41, 5.74) is 3.97. The number of anilines is 1. The van der Waals surface area contributed by atoms with Crippen LogP contribution in [0.5, 0.6) is 0 Å². The van der Waals surface area contributed by atoms with Crippen molar-refractivity contribution in [3.63, 3.8) is 0 Å². The molecule has 0 saturated carbocycles. The number of carbonyl (C=O) groups is 1. The molecule has 4 aromatic rings. The second-order valence-corrected chi connectivity index (χ2v) is 7.14. The van der Waals surface area contributed by atoms with Gasteiger partial charge in [0.2, 0.25) is 5.91 Å². The molecule has 5 heteroatoms. The summed E-state index contributed by atoms with van der Waals surface area (Å²) in [5, 5.41) is 5.62. The first kappa shape index (κ1) is 19.0. The van der Waals surface area contributed by atoms with Gasteiger partial charge in [0.25, 0.3) is 0 Å². The van der Waals surface area contributed by atoms with Crippen LogP contribution >= 0.6 is 0 Å². The van der Waals surface area contributed by atoms with Gasteiger partial charge in [0.05, 0.1) is 6.54 Å². The standard InChI is InChI=1S/C24H26N4O/c1-4-27(5-2)21(29)16-25-24-22(19-12-8-6-10-17(19)3)26-23-20-13-9-7-11-18(20)14-15-28(23)24/h6-15,25H,4-5,16H2,1-3H3. The molecule has 1 amide bonds. The van der Waals surface area contributed by atoms with E-state index in [1.807, 2.05) is 49.2 Å². The molecular formula is C24H26N4O. The predicted octanol–water partition coefficient (Wildman–Crippen LogP) is 4.74. The molecule has 0 bridgehead atoms. The van der Waals surface area contributed by atoms with Crippen molar-refractivity contribution in [1.82, 2.24) is 14.3 Å². The van der Waals surface area contributed by atoms with Crippen LogP contribution in [0.2, 0.25) is 0 Å². The van der Waals surface area contributed by atoms with Gasteiger partial charge in [-0.2, -0.15) is 0 Å². The van der Waals surface area contributed by atoms with Crippen LogP contribution in [-0.2, 0) is 4.79 Å². The van der Waals surface area contributed by atoms with E-state index < -0.39 is 0 Å². The summed E-state index contributed by atoms with van der Waals surface area (Å²) in [6.07, 6.45) is 2.02. The molecule has 0 radical (unpaired) electrons. The van der Waals surface area contributed by atoms with Gasteiger partial charge in [0, 0.05) is 30.2 Å². The van der Waals surface area contributed by atoms with Crippen LogP contribution in [0.1, 0.15) is 19.4 Å². The molecule has 0 aliphatic carbocycles. The van der Waals surface area contributed by atoms with Gasteiger partial charge in [0.1, 0.15) is 17.2 Å². The molecule has 0 fully saturated rings. The SMILES string of the molecule is CCN(CC)C(=O)CNc1c(-c2ccccc2C)nc2c3ccccc3ccn12. The quantitative estimate of drug-likeness (QED) is 0.521. The monoisotopic (exact) mass is 386 g/mol. The van der Waals surface area contributed by atoms with Crippen molar-refractivity contribution in [1.29, 1.82) is 0 Å². The highest BCUT2D eigenvalue weighted by atomic mass is 16.2. The highest BCUT2D eigenvalue weighted by Crippen LogP contribution is 2.33. The molecule has 0 unspecified atom stereocenters. The molecule has 2 aromatic heterocycles. The third kappa shape index (κ3) is 3.44. The van der Waals surface area contributed by atoms with Gasteiger partial charge in [0.15, 0.2) is 0 Å². The first-order valence-electron chi connectivity index (χ1n) is 10.1. The zero-order valence-corrected chi connectivity index (χ0v) is 17.1. The maximum absolute atomic E-state index is 12.6. The summed E-state index contributed by atoms with van der Waals surface area (Å²) in [7, 11) is 0. The van der Waals surface area contributed by atoms with Crippen LogP contribution in [-0.4, -0.2) is 39.8 Å². The molecule has 1 N–H and O–H groups in total. The predicted molar refractivity (Wildman–Crippen MR) is 119 cm³/mol. The lowest BCUT2D eigenvalue weighted by Gasteiger charge is -2.19. The van der Waals surface area contributed by atoms with Gasteiger partial charge in [-0.25, -0.2) is 4.98 Å². The molecule has 2 aromatic carbocycles. The van der Waals surface area contributed by atoms with Crippen molar-refractivity contribution in [3.05, 3.63) is 66.4 Å². The molecule has 2 heterocycles. The summed E-state index contributed by atoms with van der Waals surface area (Å²) in [6, 6.07) is 18.5. The number of fused-ring (bicyclic) bond motifs is 3. The number of pyridine rings is 1. The van der Waals surface area contributed by atoms with Crippen LogP contribution in [0.3, 0.4) is 0 Å². The van der Waals surface area contributed by atoms with E-state index >= 15 is 0 Å². The van der Waals surface area contributed by atoms with E-state index in [1.165, 1.54) is 0 Å². The fourth-order valence-electron chi connectivity index (χ4n) is 3.81. The van der Waals surface area contributed by atoms with Gasteiger partial charge in [-0.15, -0.1) is 0 Å². The van der Waals surface area contributed by atoms with Crippen LogP contribution in [0.4, 0.5) is 5.82 Å². The van der Waals surface area contributed by atoms with Gasteiger partial charge in [-0.3, -0.25) is 9.20 Å². The molecule has 4 rings (SSSR count). The Labute approximate surface area is 171 Å². The fraction of sp³-hybridized carbons (Fsp3) is 0.250. The molecule has 29 heavy (non-hydrogen) atoms. The molecule has 0 saturated heterocycles. The summed E-state index contributed by atoms with van der Waals surface area (Å²) in [6.45, 7) is 7.74. The minimum Gasteiger partial charge on any atom is -0.360 e. The van der Waals surface area contributed by atoms with Crippen molar-refractivity contribution in [2.24, 2.45) is 0 Å². The number of imidazole rings is 1. The van der Waals surface area contributed by atoms with Crippen molar-refractivity contribution < 1.29 is 4.79 Å². The Morgan fingerprint density at radius 3 is 2.52 bits per heavy atom. The molecule has 5 nitrogen and oxygen atoms in total. The zero-order valence-electron chi connectivity index (χ0n) is 17.1. The Kier molecular flexibility index (Phi) is 5.21. The molecule has 0 atom stereocenters. The van der Waals surface area contributed by atoms with E-state index in [9.17, 15) is 4.79 Å². The lowest BCUT2D eigenvalue weighted by atomic mass is 10.1. The fourth-order valence-corrected chi connectivity index (χ4v) is 3.81. The third-order valence-electron chi connectivity index (χ3n) is 5.44. The Morgan fingerprint density at radius 2 is 1.76 bits per heavy atom. The minimum absolute atomic E-state index is 0.0847. The number of amides is 1. The number of carbonyl (C=O) groups excluding carboxylic acids is 1. The first-order valence-corrected chi connectivity index (χ1v) is 10.1. The molecule has 0 spiro atoms. The summed E-state index contributed by atoms with van der Waals surface area (Å²) in [5.74, 6) is 0.932. The van der Waals surface area contributed by atoms with E-state index in [0.29, 0.717) is 13.1 Å². The Bertz CT molecular complexity index is 1170. The average Bonchev–Trinajstić information content (AvgIpc) is 3.12. The summed E-state index contributed by atoms with van der Waals surface area (Å²) in [4.78, 5) is 19.4. The topological polar surface area (TPSA) is 49.6 Å². The van der Waals surface area contributed by atoms with Gasteiger partial charge in [-0.05, 0) is 37.8 Å².